The van der Waals surface area contributed by atoms with Crippen molar-refractivity contribution in [2.45, 2.75) is 32.6 Å². The van der Waals surface area contributed by atoms with Crippen LogP contribution in [-0.2, 0) is 6.42 Å². The SMILES string of the molecule is CCCCCc1ccc(-c2ccccc2)cc1C#N. The Labute approximate surface area is 115 Å². The number of hydrogen-bond donors (Lipinski definition) is 0. The molecule has 0 fully saturated rings. The first-order valence-corrected chi connectivity index (χ1v) is 6.93. The van der Waals surface area contributed by atoms with Gasteiger partial charge in [0.1, 0.15) is 0 Å². The fourth-order valence-corrected chi connectivity index (χ4v) is 2.27. The zero-order valence-electron chi connectivity index (χ0n) is 11.4. The molecule has 0 N–H and O–H groups in total. The molecule has 2 aromatic rings. The van der Waals surface area contributed by atoms with E-state index in [-0.39, 0.29) is 0 Å². The highest BCUT2D eigenvalue weighted by Gasteiger charge is 2.04. The van der Waals surface area contributed by atoms with E-state index >= 15 is 0 Å². The predicted octanol–water partition coefficient (Wildman–Crippen LogP) is 4.96. The van der Waals surface area contributed by atoms with Crippen LogP contribution >= 0.6 is 0 Å². The highest BCUT2D eigenvalue weighted by molar-refractivity contribution is 5.66. The van der Waals surface area contributed by atoms with Crippen molar-refractivity contribution in [2.24, 2.45) is 0 Å². The molecule has 0 saturated heterocycles. The normalized spacial score (nSPS) is 10.1. The second kappa shape index (κ2) is 6.75. The van der Waals surface area contributed by atoms with Crippen molar-refractivity contribution < 1.29 is 0 Å². The molecule has 1 heteroatoms. The molecule has 96 valence electrons. The van der Waals surface area contributed by atoms with Crippen LogP contribution < -0.4 is 0 Å². The third-order valence-electron chi connectivity index (χ3n) is 3.39. The van der Waals surface area contributed by atoms with Gasteiger partial charge in [-0.2, -0.15) is 5.26 Å². The highest BCUT2D eigenvalue weighted by atomic mass is 14.2. The Kier molecular flexibility index (Phi) is 4.75. The molecule has 0 radical (unpaired) electrons. The number of benzene rings is 2. The van der Waals surface area contributed by atoms with E-state index < -0.39 is 0 Å². The minimum absolute atomic E-state index is 0.817. The lowest BCUT2D eigenvalue weighted by Gasteiger charge is -2.07. The number of nitrogens with zero attached hydrogens (tertiary/aromatic N) is 1. The molecule has 0 bridgehead atoms. The maximum atomic E-state index is 9.30. The Morgan fingerprint density at radius 2 is 1.74 bits per heavy atom. The summed E-state index contributed by atoms with van der Waals surface area (Å²) in [5.41, 5.74) is 4.28. The van der Waals surface area contributed by atoms with Crippen LogP contribution in [0.4, 0.5) is 0 Å². The molecule has 2 rings (SSSR count). The van der Waals surface area contributed by atoms with E-state index in [0.29, 0.717) is 0 Å². The Hall–Kier alpha value is -2.07. The van der Waals surface area contributed by atoms with Crippen molar-refractivity contribution in [1.29, 1.82) is 5.26 Å². The van der Waals surface area contributed by atoms with Gasteiger partial charge in [0.05, 0.1) is 11.6 Å². The van der Waals surface area contributed by atoms with E-state index in [0.717, 1.165) is 24.0 Å². The summed E-state index contributed by atoms with van der Waals surface area (Å²) in [6.45, 7) is 2.20. The molecular weight excluding hydrogens is 230 g/mol. The van der Waals surface area contributed by atoms with Crippen LogP contribution in [0.25, 0.3) is 11.1 Å². The Balaban J connectivity index is 2.24. The number of unbranched alkanes of at least 4 members (excludes halogenated alkanes) is 2. The molecule has 0 aliphatic rings. The van der Waals surface area contributed by atoms with Gasteiger partial charge in [0.25, 0.3) is 0 Å². The van der Waals surface area contributed by atoms with E-state index in [1.807, 2.05) is 24.3 Å². The van der Waals surface area contributed by atoms with Crippen molar-refractivity contribution in [3.05, 3.63) is 59.7 Å². The molecule has 0 aliphatic heterocycles. The average Bonchev–Trinajstić information content (AvgIpc) is 2.48. The van der Waals surface area contributed by atoms with Crippen LogP contribution in [0.3, 0.4) is 0 Å². The molecule has 0 amide bonds. The standard InChI is InChI=1S/C18H19N/c1-2-3-5-8-16-11-12-17(13-18(16)14-19)15-9-6-4-7-10-15/h4,6-7,9-13H,2-3,5,8H2,1H3. The van der Waals surface area contributed by atoms with Gasteiger partial charge in [0.15, 0.2) is 0 Å². The van der Waals surface area contributed by atoms with Crippen molar-refractivity contribution >= 4 is 0 Å². The van der Waals surface area contributed by atoms with E-state index in [9.17, 15) is 5.26 Å². The van der Waals surface area contributed by atoms with Gasteiger partial charge < -0.3 is 0 Å². The third-order valence-corrected chi connectivity index (χ3v) is 3.39. The average molecular weight is 249 g/mol. The van der Waals surface area contributed by atoms with Crippen LogP contribution in [0, 0.1) is 11.3 Å². The predicted molar refractivity (Wildman–Crippen MR) is 79.8 cm³/mol. The lowest BCUT2D eigenvalue weighted by Crippen LogP contribution is -1.92. The Bertz CT molecular complexity index is 564. The molecule has 0 aliphatic carbocycles. The summed E-state index contributed by atoms with van der Waals surface area (Å²) < 4.78 is 0. The number of hydrogen-bond acceptors (Lipinski definition) is 1. The van der Waals surface area contributed by atoms with Crippen LogP contribution in [0.2, 0.25) is 0 Å². The summed E-state index contributed by atoms with van der Waals surface area (Å²) in [6.07, 6.45) is 4.61. The number of rotatable bonds is 5. The van der Waals surface area contributed by atoms with Crippen molar-refractivity contribution in [3.63, 3.8) is 0 Å². The molecule has 0 atom stereocenters. The topological polar surface area (TPSA) is 23.8 Å². The smallest absolute Gasteiger partial charge is 0.0994 e. The van der Waals surface area contributed by atoms with Crippen LogP contribution in [0.1, 0.15) is 37.3 Å². The van der Waals surface area contributed by atoms with Gasteiger partial charge in [-0.25, -0.2) is 0 Å². The van der Waals surface area contributed by atoms with E-state index in [4.69, 9.17) is 0 Å². The first kappa shape index (κ1) is 13.4. The van der Waals surface area contributed by atoms with E-state index in [1.54, 1.807) is 0 Å². The fraction of sp³-hybridized carbons (Fsp3) is 0.278. The molecule has 1 nitrogen and oxygen atoms in total. The second-order valence-electron chi connectivity index (χ2n) is 4.81. The lowest BCUT2D eigenvalue weighted by molar-refractivity contribution is 0.716. The van der Waals surface area contributed by atoms with Gasteiger partial charge in [0.2, 0.25) is 0 Å². The Morgan fingerprint density at radius 1 is 0.947 bits per heavy atom. The van der Waals surface area contributed by atoms with Gasteiger partial charge >= 0.3 is 0 Å². The van der Waals surface area contributed by atoms with E-state index in [2.05, 4.69) is 37.3 Å². The molecule has 2 aromatic carbocycles. The van der Waals surface area contributed by atoms with Crippen LogP contribution in [0.5, 0.6) is 0 Å². The largest absolute Gasteiger partial charge is 0.192 e. The maximum Gasteiger partial charge on any atom is 0.0994 e. The second-order valence-corrected chi connectivity index (χ2v) is 4.81. The van der Waals surface area contributed by atoms with E-state index in [1.165, 1.54) is 24.0 Å². The minimum atomic E-state index is 0.817. The van der Waals surface area contributed by atoms with Crippen molar-refractivity contribution in [2.75, 3.05) is 0 Å². The van der Waals surface area contributed by atoms with Crippen LogP contribution in [0.15, 0.2) is 48.5 Å². The molecule has 0 unspecified atom stereocenters. The van der Waals surface area contributed by atoms with Gasteiger partial charge in [0, 0.05) is 0 Å². The minimum Gasteiger partial charge on any atom is -0.192 e. The first-order chi connectivity index (χ1) is 9.35. The quantitative estimate of drug-likeness (QED) is 0.687. The molecule has 0 saturated carbocycles. The van der Waals surface area contributed by atoms with Crippen molar-refractivity contribution in [3.8, 4) is 17.2 Å². The lowest BCUT2D eigenvalue weighted by atomic mass is 9.97. The summed E-state index contributed by atoms with van der Waals surface area (Å²) in [5, 5.41) is 9.30. The van der Waals surface area contributed by atoms with Gasteiger partial charge in [-0.1, -0.05) is 62.2 Å². The third kappa shape index (κ3) is 3.45. The fourth-order valence-electron chi connectivity index (χ4n) is 2.27. The summed E-state index contributed by atoms with van der Waals surface area (Å²) in [6, 6.07) is 18.8. The number of aryl methyl sites for hydroxylation is 1. The molecular formula is C18H19N. The molecule has 19 heavy (non-hydrogen) atoms. The molecule has 0 heterocycles. The summed E-state index contributed by atoms with van der Waals surface area (Å²) >= 11 is 0. The van der Waals surface area contributed by atoms with Gasteiger partial charge in [-0.3, -0.25) is 0 Å². The summed E-state index contributed by atoms with van der Waals surface area (Å²) in [4.78, 5) is 0. The Morgan fingerprint density at radius 3 is 2.42 bits per heavy atom. The zero-order valence-corrected chi connectivity index (χ0v) is 11.4. The van der Waals surface area contributed by atoms with Gasteiger partial charge in [-0.15, -0.1) is 0 Å². The maximum absolute atomic E-state index is 9.30. The first-order valence-electron chi connectivity index (χ1n) is 6.93. The van der Waals surface area contributed by atoms with Crippen molar-refractivity contribution in [1.82, 2.24) is 0 Å². The molecule has 0 aromatic heterocycles. The monoisotopic (exact) mass is 249 g/mol. The van der Waals surface area contributed by atoms with Crippen LogP contribution in [-0.4, -0.2) is 0 Å². The number of nitriles is 1. The zero-order chi connectivity index (χ0) is 13.5. The summed E-state index contributed by atoms with van der Waals surface area (Å²) in [7, 11) is 0. The summed E-state index contributed by atoms with van der Waals surface area (Å²) in [5.74, 6) is 0. The van der Waals surface area contributed by atoms with Gasteiger partial charge in [-0.05, 0) is 35.6 Å². The molecule has 0 spiro atoms. The highest BCUT2D eigenvalue weighted by Crippen LogP contribution is 2.23.